The second-order valence-electron chi connectivity index (χ2n) is 7.15. The molecular weight excluding hydrogens is 258 g/mol. The molecule has 1 aliphatic rings. The van der Waals surface area contributed by atoms with Crippen LogP contribution in [-0.4, -0.2) is 50.2 Å². The predicted octanol–water partition coefficient (Wildman–Crippen LogP) is 3.25. The second kappa shape index (κ2) is 10.6. The highest BCUT2D eigenvalue weighted by molar-refractivity contribution is 4.81. The monoisotopic (exact) mass is 297 g/mol. The minimum Gasteiger partial charge on any atom is -0.314 e. The van der Waals surface area contributed by atoms with Gasteiger partial charge in [-0.2, -0.15) is 0 Å². The molecule has 0 radical (unpaired) electrons. The lowest BCUT2D eigenvalue weighted by molar-refractivity contribution is 0.188. The zero-order valence-corrected chi connectivity index (χ0v) is 15.1. The van der Waals surface area contributed by atoms with Crippen LogP contribution in [0.2, 0.25) is 0 Å². The van der Waals surface area contributed by atoms with Crippen LogP contribution in [-0.2, 0) is 0 Å². The zero-order valence-electron chi connectivity index (χ0n) is 15.1. The Morgan fingerprint density at radius 3 is 2.48 bits per heavy atom. The number of hydrogen-bond acceptors (Lipinski definition) is 3. The van der Waals surface area contributed by atoms with Crippen molar-refractivity contribution >= 4 is 0 Å². The third-order valence-electron chi connectivity index (χ3n) is 5.23. The number of likely N-dealkylation sites (N-methyl/N-ethyl adjacent to an activating group) is 1. The molecule has 3 atom stereocenters. The maximum Gasteiger partial charge on any atom is 0.0242 e. The van der Waals surface area contributed by atoms with E-state index in [1.54, 1.807) is 0 Å². The third-order valence-corrected chi connectivity index (χ3v) is 5.23. The summed E-state index contributed by atoms with van der Waals surface area (Å²) in [5.41, 5.74) is 0. The molecule has 0 amide bonds. The van der Waals surface area contributed by atoms with E-state index < -0.39 is 0 Å². The van der Waals surface area contributed by atoms with E-state index in [-0.39, 0.29) is 0 Å². The molecule has 0 aromatic carbocycles. The molecule has 3 heteroatoms. The summed E-state index contributed by atoms with van der Waals surface area (Å²) in [5.74, 6) is 0.802. The van der Waals surface area contributed by atoms with Gasteiger partial charge in [0.2, 0.25) is 0 Å². The molecule has 0 spiro atoms. The molecule has 0 saturated carbocycles. The van der Waals surface area contributed by atoms with Crippen molar-refractivity contribution in [2.24, 2.45) is 5.92 Å². The molecule has 0 aliphatic carbocycles. The SMILES string of the molecule is CCC(CC)C(CNC(C)CC1CCCCCN1)N(C)C. The highest BCUT2D eigenvalue weighted by Crippen LogP contribution is 2.17. The van der Waals surface area contributed by atoms with E-state index >= 15 is 0 Å². The lowest BCUT2D eigenvalue weighted by atomic mass is 9.93. The first kappa shape index (κ1) is 18.9. The molecule has 0 bridgehead atoms. The average molecular weight is 298 g/mol. The van der Waals surface area contributed by atoms with Gasteiger partial charge < -0.3 is 15.5 Å². The molecule has 1 heterocycles. The van der Waals surface area contributed by atoms with Gasteiger partial charge in [0.1, 0.15) is 0 Å². The lowest BCUT2D eigenvalue weighted by Crippen LogP contribution is -2.46. The van der Waals surface area contributed by atoms with Crippen molar-refractivity contribution in [3.63, 3.8) is 0 Å². The summed E-state index contributed by atoms with van der Waals surface area (Å²) in [6.45, 7) is 9.33. The smallest absolute Gasteiger partial charge is 0.0242 e. The van der Waals surface area contributed by atoms with Crippen molar-refractivity contribution < 1.29 is 0 Å². The summed E-state index contributed by atoms with van der Waals surface area (Å²) >= 11 is 0. The fourth-order valence-corrected chi connectivity index (χ4v) is 3.74. The molecule has 126 valence electrons. The molecule has 1 aliphatic heterocycles. The Labute approximate surface area is 133 Å². The number of hydrogen-bond donors (Lipinski definition) is 2. The Bertz CT molecular complexity index is 243. The van der Waals surface area contributed by atoms with Gasteiger partial charge in [-0.15, -0.1) is 0 Å². The molecule has 1 fully saturated rings. The largest absolute Gasteiger partial charge is 0.314 e. The van der Waals surface area contributed by atoms with Crippen LogP contribution in [0.25, 0.3) is 0 Å². The van der Waals surface area contributed by atoms with Crippen LogP contribution in [0.3, 0.4) is 0 Å². The van der Waals surface area contributed by atoms with Crippen LogP contribution < -0.4 is 10.6 Å². The predicted molar refractivity (Wildman–Crippen MR) is 93.9 cm³/mol. The first-order valence-corrected chi connectivity index (χ1v) is 9.21. The van der Waals surface area contributed by atoms with Gasteiger partial charge in [0.25, 0.3) is 0 Å². The molecular formula is C18H39N3. The quantitative estimate of drug-likeness (QED) is 0.684. The summed E-state index contributed by atoms with van der Waals surface area (Å²) in [7, 11) is 4.45. The number of nitrogens with one attached hydrogen (secondary N) is 2. The van der Waals surface area contributed by atoms with Gasteiger partial charge in [0, 0.05) is 24.7 Å². The van der Waals surface area contributed by atoms with E-state index in [2.05, 4.69) is 50.4 Å². The summed E-state index contributed by atoms with van der Waals surface area (Å²) in [4.78, 5) is 2.40. The van der Waals surface area contributed by atoms with Crippen LogP contribution in [0.4, 0.5) is 0 Å². The summed E-state index contributed by atoms with van der Waals surface area (Å²) in [5, 5.41) is 7.52. The Balaban J connectivity index is 2.36. The van der Waals surface area contributed by atoms with Crippen LogP contribution in [0.5, 0.6) is 0 Å². The summed E-state index contributed by atoms with van der Waals surface area (Å²) in [6, 6.07) is 1.99. The van der Waals surface area contributed by atoms with Crippen molar-refractivity contribution in [1.82, 2.24) is 15.5 Å². The van der Waals surface area contributed by atoms with Gasteiger partial charge >= 0.3 is 0 Å². The maximum atomic E-state index is 3.80. The standard InChI is InChI=1S/C18H39N3/c1-6-16(7-2)18(21(4)5)14-20-15(3)13-17-11-9-8-10-12-19-17/h15-20H,6-14H2,1-5H3. The van der Waals surface area contributed by atoms with Gasteiger partial charge in [-0.25, -0.2) is 0 Å². The van der Waals surface area contributed by atoms with E-state index in [9.17, 15) is 0 Å². The fraction of sp³-hybridized carbons (Fsp3) is 1.00. The van der Waals surface area contributed by atoms with Crippen LogP contribution >= 0.6 is 0 Å². The first-order valence-electron chi connectivity index (χ1n) is 9.21. The number of nitrogens with zero attached hydrogens (tertiary/aromatic N) is 1. The topological polar surface area (TPSA) is 27.3 Å². The van der Waals surface area contributed by atoms with E-state index in [0.717, 1.165) is 18.5 Å². The molecule has 0 aromatic rings. The van der Waals surface area contributed by atoms with E-state index in [1.807, 2.05) is 0 Å². The molecule has 3 unspecified atom stereocenters. The number of rotatable bonds is 9. The molecule has 21 heavy (non-hydrogen) atoms. The first-order chi connectivity index (χ1) is 10.1. The normalized spacial score (nSPS) is 23.3. The van der Waals surface area contributed by atoms with E-state index in [0.29, 0.717) is 12.1 Å². The van der Waals surface area contributed by atoms with Crippen LogP contribution in [0.15, 0.2) is 0 Å². The minimum atomic E-state index is 0.609. The Hall–Kier alpha value is -0.120. The average Bonchev–Trinajstić information content (AvgIpc) is 2.71. The third kappa shape index (κ3) is 7.12. The van der Waals surface area contributed by atoms with Crippen molar-refractivity contribution in [1.29, 1.82) is 0 Å². The highest BCUT2D eigenvalue weighted by atomic mass is 15.1. The second-order valence-corrected chi connectivity index (χ2v) is 7.15. The van der Waals surface area contributed by atoms with Gasteiger partial charge in [-0.3, -0.25) is 0 Å². The van der Waals surface area contributed by atoms with E-state index in [1.165, 1.54) is 51.5 Å². The fourth-order valence-electron chi connectivity index (χ4n) is 3.74. The van der Waals surface area contributed by atoms with Gasteiger partial charge in [-0.05, 0) is 52.7 Å². The van der Waals surface area contributed by atoms with Gasteiger partial charge in [0.05, 0.1) is 0 Å². The van der Waals surface area contributed by atoms with Crippen molar-refractivity contribution in [2.45, 2.75) is 83.8 Å². The van der Waals surface area contributed by atoms with Crippen LogP contribution in [0, 0.1) is 5.92 Å². The van der Waals surface area contributed by atoms with Crippen LogP contribution in [0.1, 0.15) is 65.7 Å². The van der Waals surface area contributed by atoms with E-state index in [4.69, 9.17) is 0 Å². The van der Waals surface area contributed by atoms with Gasteiger partial charge in [-0.1, -0.05) is 39.5 Å². The molecule has 3 nitrogen and oxygen atoms in total. The van der Waals surface area contributed by atoms with Crippen molar-refractivity contribution in [2.75, 3.05) is 27.2 Å². The van der Waals surface area contributed by atoms with Crippen molar-refractivity contribution in [3.05, 3.63) is 0 Å². The summed E-state index contributed by atoms with van der Waals surface area (Å²) < 4.78 is 0. The Morgan fingerprint density at radius 2 is 1.86 bits per heavy atom. The maximum absolute atomic E-state index is 3.80. The molecule has 1 rings (SSSR count). The van der Waals surface area contributed by atoms with Gasteiger partial charge in [0.15, 0.2) is 0 Å². The highest BCUT2D eigenvalue weighted by Gasteiger charge is 2.22. The lowest BCUT2D eigenvalue weighted by Gasteiger charge is -2.33. The Kier molecular flexibility index (Phi) is 9.54. The summed E-state index contributed by atoms with van der Waals surface area (Å²) in [6.07, 6.45) is 9.34. The zero-order chi connectivity index (χ0) is 15.7. The molecule has 2 N–H and O–H groups in total. The van der Waals surface area contributed by atoms with Crippen molar-refractivity contribution in [3.8, 4) is 0 Å². The Morgan fingerprint density at radius 1 is 1.14 bits per heavy atom. The molecule has 1 saturated heterocycles. The molecule has 0 aromatic heterocycles. The minimum absolute atomic E-state index is 0.609.